The molecule has 7 nitrogen and oxygen atoms in total. The number of carboxylic acids is 1. The van der Waals surface area contributed by atoms with Gasteiger partial charge in [0.05, 0.1) is 18.0 Å². The molecule has 148 valence electrons. The molecule has 3 aromatic rings. The molecule has 29 heavy (non-hydrogen) atoms. The lowest BCUT2D eigenvalue weighted by Gasteiger charge is -2.07. The number of hydrogen-bond donors (Lipinski definition) is 1. The molecule has 0 radical (unpaired) electrons. The molecule has 0 amide bonds. The van der Waals surface area contributed by atoms with Crippen LogP contribution in [0.4, 0.5) is 0 Å². The number of rotatable bonds is 5. The van der Waals surface area contributed by atoms with E-state index in [-0.39, 0.29) is 18.0 Å². The Morgan fingerprint density at radius 1 is 1.14 bits per heavy atom. The van der Waals surface area contributed by atoms with Crippen LogP contribution in [-0.4, -0.2) is 29.3 Å². The smallest absolute Gasteiger partial charge is 0.325 e. The van der Waals surface area contributed by atoms with Crippen LogP contribution in [-0.2, 0) is 32.2 Å². The van der Waals surface area contributed by atoms with Gasteiger partial charge < -0.3 is 5.11 Å². The van der Waals surface area contributed by atoms with E-state index in [2.05, 4.69) is 11.7 Å². The molecule has 0 spiro atoms. The second-order valence-electron chi connectivity index (χ2n) is 6.86. The zero-order valence-corrected chi connectivity index (χ0v) is 16.4. The zero-order chi connectivity index (χ0) is 20.8. The Balaban J connectivity index is 1.71. The van der Waals surface area contributed by atoms with Gasteiger partial charge in [-0.1, -0.05) is 43.0 Å². The van der Waals surface area contributed by atoms with Gasteiger partial charge in [0, 0.05) is 5.56 Å². The van der Waals surface area contributed by atoms with Gasteiger partial charge in [-0.3, -0.25) is 13.7 Å². The number of hydrogen-bond acceptors (Lipinski definition) is 5. The number of aromatic nitrogens is 2. The third-order valence-corrected chi connectivity index (χ3v) is 6.07. The number of fused-ring (bicyclic) bond motifs is 1. The Hall–Kier alpha value is -3.23. The minimum Gasteiger partial charge on any atom is -0.480 e. The average Bonchev–Trinajstić information content (AvgIpc) is 3.22. The van der Waals surface area contributed by atoms with E-state index < -0.39 is 16.1 Å². The van der Waals surface area contributed by atoms with Gasteiger partial charge in [0.15, 0.2) is 0 Å². The number of benzene rings is 2. The summed E-state index contributed by atoms with van der Waals surface area (Å²) in [6.45, 7) is 5.48. The molecule has 8 heteroatoms. The van der Waals surface area contributed by atoms with Crippen molar-refractivity contribution in [2.24, 2.45) is 0 Å². The lowest BCUT2D eigenvalue weighted by molar-refractivity contribution is -0.137. The molecule has 1 aromatic heterocycles. The van der Waals surface area contributed by atoms with Gasteiger partial charge in [-0.2, -0.15) is 13.5 Å². The van der Waals surface area contributed by atoms with Crippen molar-refractivity contribution in [2.75, 3.05) is 0 Å². The molecule has 0 saturated carbocycles. The van der Waals surface area contributed by atoms with Gasteiger partial charge in [-0.05, 0) is 41.3 Å². The molecule has 2 heterocycles. The minimum atomic E-state index is -3.69. The summed E-state index contributed by atoms with van der Waals surface area (Å²) in [6, 6.07) is 14.4. The van der Waals surface area contributed by atoms with Crippen LogP contribution in [0.3, 0.4) is 0 Å². The number of carboxylic acid groups (broad SMARTS) is 1. The predicted molar refractivity (Wildman–Crippen MR) is 107 cm³/mol. The second kappa shape index (κ2) is 6.98. The first-order chi connectivity index (χ1) is 13.7. The van der Waals surface area contributed by atoms with Crippen LogP contribution in [0.5, 0.6) is 0 Å². The van der Waals surface area contributed by atoms with Crippen molar-refractivity contribution in [3.05, 3.63) is 66.4 Å². The van der Waals surface area contributed by atoms with Crippen LogP contribution in [0.2, 0.25) is 0 Å². The van der Waals surface area contributed by atoms with Crippen molar-refractivity contribution in [3.63, 3.8) is 0 Å². The molecule has 1 N–H and O–H groups in total. The predicted octanol–water partition coefficient (Wildman–Crippen LogP) is 3.55. The summed E-state index contributed by atoms with van der Waals surface area (Å²) >= 11 is 0. The van der Waals surface area contributed by atoms with E-state index in [4.69, 9.17) is 9.29 Å². The molecule has 1 aliphatic rings. The standard InChI is InChI=1S/C21H18N2O5S/c1-13(2)18-10-19(23(22-18)11-21(24)25)15-5-3-14(4-6-15)16-7-8-17-12-28-29(26,27)20(17)9-16/h3-10H,1,11-12H2,2H3,(H,24,25). The van der Waals surface area contributed by atoms with Gasteiger partial charge >= 0.3 is 5.97 Å². The van der Waals surface area contributed by atoms with E-state index in [0.717, 1.165) is 22.3 Å². The summed E-state index contributed by atoms with van der Waals surface area (Å²) in [6.07, 6.45) is 0. The molecule has 4 rings (SSSR count). The topological polar surface area (TPSA) is 98.5 Å². The van der Waals surface area contributed by atoms with E-state index in [1.165, 1.54) is 4.68 Å². The van der Waals surface area contributed by atoms with E-state index in [9.17, 15) is 13.2 Å². The van der Waals surface area contributed by atoms with Gasteiger partial charge in [0.25, 0.3) is 10.1 Å². The van der Waals surface area contributed by atoms with Crippen LogP contribution < -0.4 is 0 Å². The third-order valence-electron chi connectivity index (χ3n) is 4.72. The van der Waals surface area contributed by atoms with Crippen molar-refractivity contribution in [1.82, 2.24) is 9.78 Å². The number of aliphatic carboxylic acids is 1. The van der Waals surface area contributed by atoms with Crippen LogP contribution in [0.25, 0.3) is 28.0 Å². The zero-order valence-electron chi connectivity index (χ0n) is 15.6. The fraction of sp³-hybridized carbons (Fsp3) is 0.143. The Labute approximate surface area is 168 Å². The van der Waals surface area contributed by atoms with Crippen LogP contribution in [0.15, 0.2) is 60.0 Å². The van der Waals surface area contributed by atoms with E-state index >= 15 is 0 Å². The molecular formula is C21H18N2O5S. The van der Waals surface area contributed by atoms with Crippen molar-refractivity contribution < 1.29 is 22.5 Å². The fourth-order valence-electron chi connectivity index (χ4n) is 3.23. The molecule has 0 bridgehead atoms. The van der Waals surface area contributed by atoms with Crippen molar-refractivity contribution >= 4 is 21.7 Å². The van der Waals surface area contributed by atoms with Gasteiger partial charge in [-0.25, -0.2) is 0 Å². The summed E-state index contributed by atoms with van der Waals surface area (Å²) in [5.74, 6) is -0.985. The average molecular weight is 410 g/mol. The maximum absolute atomic E-state index is 12.0. The van der Waals surface area contributed by atoms with Gasteiger partial charge in [-0.15, -0.1) is 0 Å². The highest BCUT2D eigenvalue weighted by Crippen LogP contribution is 2.33. The minimum absolute atomic E-state index is 0.0650. The lowest BCUT2D eigenvalue weighted by atomic mass is 10.0. The van der Waals surface area contributed by atoms with Crippen molar-refractivity contribution in [1.29, 1.82) is 0 Å². The first-order valence-corrected chi connectivity index (χ1v) is 10.2. The Bertz CT molecular complexity index is 1240. The molecule has 0 atom stereocenters. The van der Waals surface area contributed by atoms with E-state index in [1.807, 2.05) is 37.3 Å². The molecular weight excluding hydrogens is 392 g/mol. The van der Waals surface area contributed by atoms with Crippen LogP contribution >= 0.6 is 0 Å². The van der Waals surface area contributed by atoms with Crippen molar-refractivity contribution in [3.8, 4) is 22.4 Å². The number of allylic oxidation sites excluding steroid dienone is 1. The van der Waals surface area contributed by atoms with Crippen LogP contribution in [0, 0.1) is 0 Å². The van der Waals surface area contributed by atoms with E-state index in [0.29, 0.717) is 17.0 Å². The largest absolute Gasteiger partial charge is 0.480 e. The molecule has 1 aliphatic heterocycles. The summed E-state index contributed by atoms with van der Waals surface area (Å²) in [4.78, 5) is 11.4. The maximum Gasteiger partial charge on any atom is 0.325 e. The quantitative estimate of drug-likeness (QED) is 0.646. The number of nitrogens with zero attached hydrogens (tertiary/aromatic N) is 2. The third kappa shape index (κ3) is 3.59. The Morgan fingerprint density at radius 2 is 1.79 bits per heavy atom. The monoisotopic (exact) mass is 410 g/mol. The van der Waals surface area contributed by atoms with Gasteiger partial charge in [0.2, 0.25) is 0 Å². The number of carbonyl (C=O) groups is 1. The molecule has 0 unspecified atom stereocenters. The normalized spacial score (nSPS) is 14.5. The molecule has 0 saturated heterocycles. The summed E-state index contributed by atoms with van der Waals surface area (Å²) in [7, 11) is -3.69. The highest BCUT2D eigenvalue weighted by atomic mass is 32.2. The SMILES string of the molecule is C=C(C)c1cc(-c2ccc(-c3ccc4c(c3)S(=O)(=O)OC4)cc2)n(CC(=O)O)n1. The van der Waals surface area contributed by atoms with Crippen LogP contribution in [0.1, 0.15) is 18.2 Å². The molecule has 0 aliphatic carbocycles. The lowest BCUT2D eigenvalue weighted by Crippen LogP contribution is -2.11. The first kappa shape index (κ1) is 19.1. The fourth-order valence-corrected chi connectivity index (χ4v) is 4.36. The summed E-state index contributed by atoms with van der Waals surface area (Å²) in [5.41, 5.74) is 5.08. The Morgan fingerprint density at radius 3 is 2.45 bits per heavy atom. The van der Waals surface area contributed by atoms with E-state index in [1.54, 1.807) is 18.2 Å². The molecule has 0 fully saturated rings. The highest BCUT2D eigenvalue weighted by molar-refractivity contribution is 7.87. The van der Waals surface area contributed by atoms with Crippen molar-refractivity contribution in [2.45, 2.75) is 25.0 Å². The molecule has 2 aromatic carbocycles. The summed E-state index contributed by atoms with van der Waals surface area (Å²) < 4.78 is 30.2. The highest BCUT2D eigenvalue weighted by Gasteiger charge is 2.27. The maximum atomic E-state index is 12.0. The second-order valence-corrected chi connectivity index (χ2v) is 8.45. The van der Waals surface area contributed by atoms with Gasteiger partial charge in [0.1, 0.15) is 11.4 Å². The Kier molecular flexibility index (Phi) is 4.60. The summed E-state index contributed by atoms with van der Waals surface area (Å²) in [5, 5.41) is 13.5. The first-order valence-electron chi connectivity index (χ1n) is 8.83.